The second kappa shape index (κ2) is 5.81. The lowest BCUT2D eigenvalue weighted by atomic mass is 9.72. The number of carbonyl (C=O) groups excluding carboxylic acids is 2. The van der Waals surface area contributed by atoms with E-state index in [0.29, 0.717) is 11.8 Å². The third kappa shape index (κ3) is 1.96. The topological polar surface area (TPSA) is 37.4 Å². The van der Waals surface area contributed by atoms with Gasteiger partial charge in [-0.15, -0.1) is 0 Å². The molecule has 4 aliphatic carbocycles. The summed E-state index contributed by atoms with van der Waals surface area (Å²) >= 11 is 0. The van der Waals surface area contributed by atoms with E-state index in [1.807, 2.05) is 36.4 Å². The predicted molar refractivity (Wildman–Crippen MR) is 115 cm³/mol. The van der Waals surface area contributed by atoms with Gasteiger partial charge in [0.15, 0.2) is 0 Å². The Balaban J connectivity index is 1.37. The molecular formula is C27H23NO2. The zero-order valence-electron chi connectivity index (χ0n) is 16.7. The Kier molecular flexibility index (Phi) is 3.26. The minimum Gasteiger partial charge on any atom is -0.274 e. The molecule has 0 aromatic heterocycles. The van der Waals surface area contributed by atoms with E-state index in [-0.39, 0.29) is 35.5 Å². The average Bonchev–Trinajstić information content (AvgIpc) is 3.56. The normalized spacial score (nSPS) is 35.5. The van der Waals surface area contributed by atoms with Crippen LogP contribution in [0.25, 0.3) is 6.08 Å². The first-order valence-electron chi connectivity index (χ1n) is 11.2. The van der Waals surface area contributed by atoms with E-state index in [1.165, 1.54) is 35.3 Å². The molecule has 7 rings (SSSR count). The molecule has 0 N–H and O–H groups in total. The first kappa shape index (κ1) is 16.8. The number of hydrogen-bond donors (Lipinski definition) is 0. The van der Waals surface area contributed by atoms with Crippen LogP contribution in [0.2, 0.25) is 0 Å². The summed E-state index contributed by atoms with van der Waals surface area (Å²) in [4.78, 5) is 28.8. The van der Waals surface area contributed by atoms with E-state index in [2.05, 4.69) is 30.3 Å². The third-order valence-electron chi connectivity index (χ3n) is 8.30. The van der Waals surface area contributed by atoms with Crippen molar-refractivity contribution in [2.24, 2.45) is 35.5 Å². The van der Waals surface area contributed by atoms with Crippen LogP contribution in [-0.4, -0.2) is 11.8 Å². The van der Waals surface area contributed by atoms with Gasteiger partial charge in [0.1, 0.15) is 0 Å². The molecule has 3 nitrogen and oxygen atoms in total. The van der Waals surface area contributed by atoms with Crippen LogP contribution < -0.4 is 4.90 Å². The molecule has 30 heavy (non-hydrogen) atoms. The number of para-hydroxylation sites is 1. The van der Waals surface area contributed by atoms with E-state index < -0.39 is 0 Å². The number of hydrogen-bond acceptors (Lipinski definition) is 2. The predicted octanol–water partition coefficient (Wildman–Crippen LogP) is 4.86. The maximum atomic E-state index is 13.6. The van der Waals surface area contributed by atoms with Crippen LogP contribution >= 0.6 is 0 Å². The number of anilines is 1. The molecule has 2 aromatic carbocycles. The molecule has 5 aliphatic rings. The van der Waals surface area contributed by atoms with Gasteiger partial charge in [-0.05, 0) is 48.8 Å². The smallest absolute Gasteiger partial charge is 0.238 e. The van der Waals surface area contributed by atoms with Gasteiger partial charge in [0.2, 0.25) is 11.8 Å². The van der Waals surface area contributed by atoms with Crippen molar-refractivity contribution in [2.45, 2.75) is 19.3 Å². The standard InChI is InChI=1S/C27H23NO2/c29-26-24-22-19(13-15-7-3-1-4-8-15)23(21-17-12-11-16(14-17)20(21)22)25(24)27(30)28(26)18-9-5-2-6-10-18/h1-10,13,16-17,22-25H,11-12,14H2/t16-,17-,22-,23-,24-,25-/m0/s1. The molecule has 0 spiro atoms. The SMILES string of the molecule is O=C1[C@H]2[C@H]3C(=Cc4ccccc4)[C@@H](C4=C3[C@H]3CC[C@H]4C3)[C@@H]2C(=O)N1c1ccccc1. The number of imide groups is 1. The highest BCUT2D eigenvalue weighted by Crippen LogP contribution is 2.70. The Morgan fingerprint density at radius 2 is 1.27 bits per heavy atom. The molecule has 0 unspecified atom stereocenters. The van der Waals surface area contributed by atoms with Crippen molar-refractivity contribution in [3.63, 3.8) is 0 Å². The van der Waals surface area contributed by atoms with E-state index in [9.17, 15) is 9.59 Å². The van der Waals surface area contributed by atoms with Crippen molar-refractivity contribution in [3.05, 3.63) is 82.9 Å². The minimum atomic E-state index is -0.212. The number of rotatable bonds is 2. The summed E-state index contributed by atoms with van der Waals surface area (Å²) in [6.45, 7) is 0. The summed E-state index contributed by atoms with van der Waals surface area (Å²) < 4.78 is 0. The number of fused-ring (bicyclic) bond motifs is 11. The van der Waals surface area contributed by atoms with Crippen molar-refractivity contribution in [3.8, 4) is 0 Å². The lowest BCUT2D eigenvalue weighted by Gasteiger charge is -2.28. The zero-order chi connectivity index (χ0) is 20.0. The van der Waals surface area contributed by atoms with Crippen LogP contribution in [0, 0.1) is 35.5 Å². The lowest BCUT2D eigenvalue weighted by molar-refractivity contribution is -0.123. The van der Waals surface area contributed by atoms with Crippen LogP contribution in [0.4, 0.5) is 5.69 Å². The minimum absolute atomic E-state index is 0.0111. The summed E-state index contributed by atoms with van der Waals surface area (Å²) in [7, 11) is 0. The third-order valence-corrected chi connectivity index (χ3v) is 8.30. The van der Waals surface area contributed by atoms with Gasteiger partial charge >= 0.3 is 0 Å². The largest absolute Gasteiger partial charge is 0.274 e. The Hall–Kier alpha value is -2.94. The number of amides is 2. The van der Waals surface area contributed by atoms with E-state index in [4.69, 9.17) is 0 Å². The summed E-state index contributed by atoms with van der Waals surface area (Å²) in [6, 6.07) is 19.9. The Labute approximate surface area is 176 Å². The van der Waals surface area contributed by atoms with Crippen LogP contribution in [0.1, 0.15) is 24.8 Å². The second-order valence-corrected chi connectivity index (χ2v) is 9.53. The second-order valence-electron chi connectivity index (χ2n) is 9.53. The highest BCUT2D eigenvalue weighted by atomic mass is 16.2. The number of carbonyl (C=O) groups is 2. The molecule has 2 aromatic rings. The Morgan fingerprint density at radius 3 is 1.83 bits per heavy atom. The van der Waals surface area contributed by atoms with Crippen molar-refractivity contribution >= 4 is 23.6 Å². The molecule has 3 heteroatoms. The van der Waals surface area contributed by atoms with Crippen LogP contribution in [-0.2, 0) is 9.59 Å². The fourth-order valence-corrected chi connectivity index (χ4v) is 7.41. The first-order valence-corrected chi connectivity index (χ1v) is 11.2. The van der Waals surface area contributed by atoms with Crippen molar-refractivity contribution in [2.75, 3.05) is 4.90 Å². The molecule has 1 heterocycles. The monoisotopic (exact) mass is 393 g/mol. The lowest BCUT2D eigenvalue weighted by Crippen LogP contribution is -2.33. The quantitative estimate of drug-likeness (QED) is 0.415. The summed E-state index contributed by atoms with van der Waals surface area (Å²) in [6.07, 6.45) is 6.06. The first-order chi connectivity index (χ1) is 14.7. The van der Waals surface area contributed by atoms with Crippen LogP contribution in [0.3, 0.4) is 0 Å². The van der Waals surface area contributed by atoms with Crippen molar-refractivity contribution in [1.82, 2.24) is 0 Å². The highest BCUT2D eigenvalue weighted by Gasteiger charge is 2.69. The summed E-state index contributed by atoms with van der Waals surface area (Å²) in [5.74, 6) is 1.13. The van der Waals surface area contributed by atoms with Gasteiger partial charge in [-0.2, -0.15) is 0 Å². The van der Waals surface area contributed by atoms with Gasteiger partial charge in [0.25, 0.3) is 0 Å². The number of allylic oxidation sites excluding steroid dienone is 3. The molecule has 148 valence electrons. The molecule has 1 saturated heterocycles. The van der Waals surface area contributed by atoms with Gasteiger partial charge in [-0.3, -0.25) is 9.59 Å². The maximum Gasteiger partial charge on any atom is 0.238 e. The van der Waals surface area contributed by atoms with Crippen LogP contribution in [0.5, 0.6) is 0 Å². The molecule has 3 fully saturated rings. The molecule has 4 bridgehead atoms. The highest BCUT2D eigenvalue weighted by molar-refractivity contribution is 6.23. The van der Waals surface area contributed by atoms with Gasteiger partial charge in [-0.25, -0.2) is 4.90 Å². The molecule has 2 amide bonds. The van der Waals surface area contributed by atoms with Crippen molar-refractivity contribution in [1.29, 1.82) is 0 Å². The molecule has 1 aliphatic heterocycles. The maximum absolute atomic E-state index is 13.6. The molecule has 2 saturated carbocycles. The fourth-order valence-electron chi connectivity index (χ4n) is 7.41. The summed E-state index contributed by atoms with van der Waals surface area (Å²) in [5.41, 5.74) is 6.34. The summed E-state index contributed by atoms with van der Waals surface area (Å²) in [5, 5.41) is 0. The number of nitrogens with zero attached hydrogens (tertiary/aromatic N) is 1. The molecule has 0 radical (unpaired) electrons. The van der Waals surface area contributed by atoms with Crippen LogP contribution in [0.15, 0.2) is 77.4 Å². The zero-order valence-corrected chi connectivity index (χ0v) is 16.7. The molecule has 6 atom stereocenters. The Bertz CT molecular complexity index is 1100. The van der Waals surface area contributed by atoms with Gasteiger partial charge < -0.3 is 0 Å². The van der Waals surface area contributed by atoms with E-state index in [0.717, 1.165) is 5.69 Å². The van der Waals surface area contributed by atoms with Gasteiger partial charge in [0.05, 0.1) is 17.5 Å². The van der Waals surface area contributed by atoms with Gasteiger partial charge in [-0.1, -0.05) is 71.3 Å². The number of benzene rings is 2. The average molecular weight is 393 g/mol. The molecular weight excluding hydrogens is 370 g/mol. The van der Waals surface area contributed by atoms with E-state index >= 15 is 0 Å². The van der Waals surface area contributed by atoms with E-state index in [1.54, 1.807) is 11.1 Å². The van der Waals surface area contributed by atoms with Crippen molar-refractivity contribution < 1.29 is 9.59 Å². The fraction of sp³-hybridized carbons (Fsp3) is 0.333. The van der Waals surface area contributed by atoms with Gasteiger partial charge in [0, 0.05) is 11.8 Å². The Morgan fingerprint density at radius 1 is 0.733 bits per heavy atom.